The van der Waals surface area contributed by atoms with Crippen LogP contribution < -0.4 is 15.6 Å². The summed E-state index contributed by atoms with van der Waals surface area (Å²) in [6, 6.07) is 12.5. The molecule has 0 atom stereocenters. The Morgan fingerprint density at radius 2 is 2.00 bits per heavy atom. The van der Waals surface area contributed by atoms with Crippen LogP contribution in [0, 0.1) is 5.82 Å². The van der Waals surface area contributed by atoms with Crippen molar-refractivity contribution in [3.63, 3.8) is 0 Å². The molecule has 1 amide bonds. The summed E-state index contributed by atoms with van der Waals surface area (Å²) in [5, 5.41) is 5.57. The van der Waals surface area contributed by atoms with Gasteiger partial charge in [0.2, 0.25) is 5.91 Å². The second-order valence-corrected chi connectivity index (χ2v) is 7.92. The Labute approximate surface area is 190 Å². The number of ether oxygens (including phenoxy) is 1. The summed E-state index contributed by atoms with van der Waals surface area (Å²) in [5.41, 5.74) is 1.15. The topological polar surface area (TPSA) is 101 Å². The number of nitrogens with zero attached hydrogens (tertiary/aromatic N) is 3. The molecular formula is C21H17ClFN5O3S. The Morgan fingerprint density at radius 1 is 1.22 bits per heavy atom. The number of amides is 1. The number of anilines is 1. The van der Waals surface area contributed by atoms with Crippen molar-refractivity contribution >= 4 is 40.6 Å². The first-order valence-electron chi connectivity index (χ1n) is 9.53. The molecule has 2 aromatic heterocycles. The Balaban J connectivity index is 1.56. The van der Waals surface area contributed by atoms with E-state index in [2.05, 4.69) is 20.4 Å². The van der Waals surface area contributed by atoms with Gasteiger partial charge in [-0.2, -0.15) is 0 Å². The van der Waals surface area contributed by atoms with Gasteiger partial charge >= 0.3 is 0 Å². The van der Waals surface area contributed by atoms with Crippen LogP contribution in [0.5, 0.6) is 5.75 Å². The van der Waals surface area contributed by atoms with Gasteiger partial charge in [-0.25, -0.2) is 18.9 Å². The average Bonchev–Trinajstić information content (AvgIpc) is 3.15. The molecule has 4 aromatic rings. The van der Waals surface area contributed by atoms with Gasteiger partial charge in [-0.15, -0.1) is 0 Å². The molecule has 0 saturated heterocycles. The van der Waals surface area contributed by atoms with Crippen LogP contribution in [0.15, 0.2) is 58.5 Å². The molecule has 0 aliphatic rings. The summed E-state index contributed by atoms with van der Waals surface area (Å²) in [5.74, 6) is 0.203. The van der Waals surface area contributed by atoms with Gasteiger partial charge in [-0.05, 0) is 49.4 Å². The number of carbonyl (C=O) groups is 1. The standard InChI is InChI=1S/C21H17ClFN5O3S/c1-2-31-14-6-3-12(4-7-14)20-25-17-10-18(29)27-28(17)21(26-20)32-11-19(30)24-13-5-8-16(23)15(22)9-13/h3-10H,2,11H2,1H3,(H,24,30)(H,27,29). The van der Waals surface area contributed by atoms with E-state index in [-0.39, 0.29) is 22.2 Å². The number of fused-ring (bicyclic) bond motifs is 1. The van der Waals surface area contributed by atoms with Crippen LogP contribution in [0.3, 0.4) is 0 Å². The van der Waals surface area contributed by atoms with E-state index < -0.39 is 5.82 Å². The van der Waals surface area contributed by atoms with Gasteiger partial charge in [0.05, 0.1) is 17.4 Å². The highest BCUT2D eigenvalue weighted by Crippen LogP contribution is 2.24. The summed E-state index contributed by atoms with van der Waals surface area (Å²) in [6.07, 6.45) is 0. The van der Waals surface area contributed by atoms with Crippen molar-refractivity contribution in [3.8, 4) is 17.1 Å². The minimum atomic E-state index is -0.569. The van der Waals surface area contributed by atoms with E-state index in [1.54, 1.807) is 0 Å². The van der Waals surface area contributed by atoms with Crippen LogP contribution in [0.25, 0.3) is 17.0 Å². The van der Waals surface area contributed by atoms with Crippen molar-refractivity contribution < 1.29 is 13.9 Å². The minimum absolute atomic E-state index is 0.00988. The lowest BCUT2D eigenvalue weighted by Crippen LogP contribution is -2.15. The zero-order chi connectivity index (χ0) is 22.7. The van der Waals surface area contributed by atoms with Gasteiger partial charge in [-0.3, -0.25) is 14.7 Å². The largest absolute Gasteiger partial charge is 0.494 e. The van der Waals surface area contributed by atoms with Crippen LogP contribution in [-0.2, 0) is 4.79 Å². The maximum Gasteiger partial charge on any atom is 0.266 e. The smallest absolute Gasteiger partial charge is 0.266 e. The maximum atomic E-state index is 13.3. The van der Waals surface area contributed by atoms with Crippen molar-refractivity contribution in [1.29, 1.82) is 0 Å². The van der Waals surface area contributed by atoms with Crippen molar-refractivity contribution in [3.05, 3.63) is 69.7 Å². The molecular weight excluding hydrogens is 457 g/mol. The third kappa shape index (κ3) is 4.92. The molecule has 0 saturated carbocycles. The molecule has 0 unspecified atom stereocenters. The van der Waals surface area contributed by atoms with Gasteiger partial charge < -0.3 is 10.1 Å². The number of thioether (sulfide) groups is 1. The molecule has 0 aliphatic carbocycles. The fourth-order valence-electron chi connectivity index (χ4n) is 2.88. The summed E-state index contributed by atoms with van der Waals surface area (Å²) in [6.45, 7) is 2.46. The molecule has 0 spiro atoms. The second kappa shape index (κ2) is 9.41. The van der Waals surface area contributed by atoms with Gasteiger partial charge in [0, 0.05) is 17.3 Å². The third-order valence-corrected chi connectivity index (χ3v) is 5.51. The Bertz CT molecular complexity index is 1340. The number of rotatable bonds is 7. The number of aromatic nitrogens is 4. The monoisotopic (exact) mass is 473 g/mol. The molecule has 4 rings (SSSR count). The van der Waals surface area contributed by atoms with E-state index in [1.807, 2.05) is 31.2 Å². The molecule has 2 N–H and O–H groups in total. The van der Waals surface area contributed by atoms with E-state index in [0.717, 1.165) is 23.1 Å². The van der Waals surface area contributed by atoms with Crippen LogP contribution >= 0.6 is 23.4 Å². The second-order valence-electron chi connectivity index (χ2n) is 6.57. The number of benzene rings is 2. The van der Waals surface area contributed by atoms with Gasteiger partial charge in [0.25, 0.3) is 5.56 Å². The summed E-state index contributed by atoms with van der Waals surface area (Å²) >= 11 is 6.86. The lowest BCUT2D eigenvalue weighted by Gasteiger charge is -2.09. The van der Waals surface area contributed by atoms with Crippen LogP contribution in [0.4, 0.5) is 10.1 Å². The number of nitrogens with one attached hydrogen (secondary N) is 2. The molecule has 2 aromatic carbocycles. The zero-order valence-electron chi connectivity index (χ0n) is 16.8. The molecule has 8 nitrogen and oxygen atoms in total. The van der Waals surface area contributed by atoms with Crippen LogP contribution in [0.1, 0.15) is 6.92 Å². The molecule has 2 heterocycles. The number of hydrogen-bond acceptors (Lipinski definition) is 6. The fraction of sp³-hybridized carbons (Fsp3) is 0.143. The van der Waals surface area contributed by atoms with Crippen LogP contribution in [0.2, 0.25) is 5.02 Å². The summed E-state index contributed by atoms with van der Waals surface area (Å²) in [4.78, 5) is 33.2. The molecule has 0 radical (unpaired) electrons. The first-order chi connectivity index (χ1) is 15.4. The van der Waals surface area contributed by atoms with Gasteiger partial charge in [0.15, 0.2) is 16.6 Å². The normalized spacial score (nSPS) is 11.0. The van der Waals surface area contributed by atoms with Crippen molar-refractivity contribution in [1.82, 2.24) is 19.6 Å². The lowest BCUT2D eigenvalue weighted by atomic mass is 10.2. The molecule has 0 fully saturated rings. The maximum absolute atomic E-state index is 13.3. The zero-order valence-corrected chi connectivity index (χ0v) is 18.3. The molecule has 32 heavy (non-hydrogen) atoms. The lowest BCUT2D eigenvalue weighted by molar-refractivity contribution is -0.113. The van der Waals surface area contributed by atoms with E-state index >= 15 is 0 Å². The van der Waals surface area contributed by atoms with E-state index in [1.165, 1.54) is 28.8 Å². The Morgan fingerprint density at radius 3 is 2.72 bits per heavy atom. The van der Waals surface area contributed by atoms with Crippen molar-refractivity contribution in [2.75, 3.05) is 17.7 Å². The Hall–Kier alpha value is -3.37. The minimum Gasteiger partial charge on any atom is -0.494 e. The number of aromatic amines is 1. The van der Waals surface area contributed by atoms with E-state index in [4.69, 9.17) is 16.3 Å². The number of hydrogen-bond donors (Lipinski definition) is 2. The van der Waals surface area contributed by atoms with Crippen LogP contribution in [-0.4, -0.2) is 37.8 Å². The number of carbonyl (C=O) groups excluding carboxylic acids is 1. The predicted octanol–water partition coefficient (Wildman–Crippen LogP) is 4.01. The fourth-order valence-corrected chi connectivity index (χ4v) is 3.81. The number of halogens is 2. The van der Waals surface area contributed by atoms with Gasteiger partial charge in [-0.1, -0.05) is 23.4 Å². The molecule has 164 valence electrons. The molecule has 11 heteroatoms. The first-order valence-corrected chi connectivity index (χ1v) is 10.9. The van der Waals surface area contributed by atoms with E-state index in [9.17, 15) is 14.0 Å². The van der Waals surface area contributed by atoms with E-state index in [0.29, 0.717) is 28.9 Å². The number of H-pyrrole nitrogens is 1. The quantitative estimate of drug-likeness (QED) is 0.393. The average molecular weight is 474 g/mol. The highest BCUT2D eigenvalue weighted by molar-refractivity contribution is 7.99. The third-order valence-electron chi connectivity index (χ3n) is 4.28. The predicted molar refractivity (Wildman–Crippen MR) is 121 cm³/mol. The van der Waals surface area contributed by atoms with Crippen molar-refractivity contribution in [2.24, 2.45) is 0 Å². The molecule has 0 aliphatic heterocycles. The van der Waals surface area contributed by atoms with Gasteiger partial charge in [0.1, 0.15) is 11.6 Å². The summed E-state index contributed by atoms with van der Waals surface area (Å²) in [7, 11) is 0. The SMILES string of the molecule is CCOc1ccc(-c2nc(SCC(=O)Nc3ccc(F)c(Cl)c3)n3[nH]c(=O)cc3n2)cc1. The van der Waals surface area contributed by atoms with Crippen molar-refractivity contribution in [2.45, 2.75) is 12.1 Å². The highest BCUT2D eigenvalue weighted by atomic mass is 35.5. The summed E-state index contributed by atoms with van der Waals surface area (Å²) < 4.78 is 20.2. The molecule has 0 bridgehead atoms. The first kappa shape index (κ1) is 21.8. The Kier molecular flexibility index (Phi) is 6.42. The highest BCUT2D eigenvalue weighted by Gasteiger charge is 2.14.